The first kappa shape index (κ1) is 14.5. The quantitative estimate of drug-likeness (QED) is 0.859. The predicted molar refractivity (Wildman–Crippen MR) is 111 cm³/mol. The molecule has 4 atom stereocenters. The van der Waals surface area contributed by atoms with Crippen molar-refractivity contribution < 1.29 is 15.0 Å². The fourth-order valence-corrected chi connectivity index (χ4v) is 5.52. The zero-order chi connectivity index (χ0) is 23.6. The summed E-state index contributed by atoms with van der Waals surface area (Å²) in [5.41, 5.74) is 7.67. The van der Waals surface area contributed by atoms with E-state index in [4.69, 9.17) is 25.7 Å². The zero-order valence-corrected chi connectivity index (χ0v) is 16.7. The molecule has 1 aromatic heterocycles. The summed E-state index contributed by atoms with van der Waals surface area (Å²) in [7, 11) is 0. The first-order valence-electron chi connectivity index (χ1n) is 12.1. The van der Waals surface area contributed by atoms with Crippen molar-refractivity contribution in [2.75, 3.05) is 13.1 Å². The topological polar surface area (TPSA) is 82.6 Å². The molecule has 1 aromatic carbocycles. The normalized spacial score (nSPS) is 37.2. The smallest absolute Gasteiger partial charge is 0.283 e. The first-order chi connectivity index (χ1) is 15.5. The minimum absolute atomic E-state index is 0.00906. The lowest BCUT2D eigenvalue weighted by Crippen LogP contribution is -2.48. The fourth-order valence-electron chi connectivity index (χ4n) is 5.52. The molecule has 2 heterocycles. The van der Waals surface area contributed by atoms with Crippen molar-refractivity contribution in [3.8, 4) is 11.1 Å². The molecule has 2 N–H and O–H groups in total. The van der Waals surface area contributed by atoms with Gasteiger partial charge in [-0.3, -0.25) is 0 Å². The molecule has 5 rings (SSSR count). The number of rotatable bonds is 3. The Kier molecular flexibility index (Phi) is 3.40. The Morgan fingerprint density at radius 3 is 2.86 bits per heavy atom. The summed E-state index contributed by atoms with van der Waals surface area (Å²) in [6.45, 7) is -0.388. The van der Waals surface area contributed by atoms with Crippen molar-refractivity contribution in [1.82, 2.24) is 9.97 Å². The van der Waals surface area contributed by atoms with Gasteiger partial charge in [0.15, 0.2) is 0 Å². The minimum atomic E-state index is -2.12. The number of benzene rings is 1. The van der Waals surface area contributed by atoms with E-state index in [1.807, 2.05) is 25.1 Å². The van der Waals surface area contributed by atoms with Crippen molar-refractivity contribution in [1.29, 1.82) is 0 Å². The maximum absolute atomic E-state index is 8.92. The molecule has 152 valence electrons. The number of aliphatic imine (C=N–C) groups is 1. The molecule has 0 bridgehead atoms. The van der Waals surface area contributed by atoms with Crippen molar-refractivity contribution >= 4 is 6.02 Å². The van der Waals surface area contributed by atoms with Gasteiger partial charge in [-0.25, -0.2) is 15.0 Å². The Bertz CT molecular complexity index is 1110. The molecule has 2 aromatic rings. The van der Waals surface area contributed by atoms with Crippen LogP contribution < -0.4 is 5.73 Å². The lowest BCUT2D eigenvalue weighted by atomic mass is 9.59. The molecular weight excluding hydrogens is 364 g/mol. The van der Waals surface area contributed by atoms with Gasteiger partial charge in [0.2, 0.25) is 0 Å². The van der Waals surface area contributed by atoms with Crippen LogP contribution in [-0.2, 0) is 21.4 Å². The van der Waals surface area contributed by atoms with Gasteiger partial charge in [-0.1, -0.05) is 19.1 Å². The molecular formula is C23H28N4O2. The van der Waals surface area contributed by atoms with Crippen LogP contribution >= 0.6 is 0 Å². The van der Waals surface area contributed by atoms with E-state index < -0.39 is 24.1 Å². The maximum atomic E-state index is 8.92. The summed E-state index contributed by atoms with van der Waals surface area (Å²) < 4.78 is 44.7. The van der Waals surface area contributed by atoms with Crippen LogP contribution in [0.3, 0.4) is 0 Å². The molecule has 1 aliphatic heterocycles. The molecule has 29 heavy (non-hydrogen) atoms. The third kappa shape index (κ3) is 2.76. The Hall–Kier alpha value is -2.47. The highest BCUT2D eigenvalue weighted by Gasteiger charge is 2.62. The average Bonchev–Trinajstić information content (AvgIpc) is 3.14. The summed E-state index contributed by atoms with van der Waals surface area (Å²) in [4.78, 5) is 12.9. The standard InChI is InChI=1S/C23H28N4O2/c1-3-28-20-6-7-22(9-15(20)2)10-17-5-4-16(18-11-25-14-26-12-18)8-19(17)23(22)13-29-21(24)27-23/h4-5,8,11-12,14-15,20H,3,6-7,9-10,13H2,1-2H3,(H2,24,27)/t15-,20-,22-,23+/m1/s1/i3D2,13D2. The number of amidine groups is 1. The van der Waals surface area contributed by atoms with Crippen molar-refractivity contribution in [3.05, 3.63) is 48.0 Å². The Labute approximate surface area is 177 Å². The van der Waals surface area contributed by atoms with Gasteiger partial charge < -0.3 is 15.2 Å². The Balaban J connectivity index is 1.62. The van der Waals surface area contributed by atoms with E-state index >= 15 is 0 Å². The number of hydrogen-bond donors (Lipinski definition) is 1. The number of aromatic nitrogens is 2. The van der Waals surface area contributed by atoms with Crippen LogP contribution in [0, 0.1) is 11.3 Å². The van der Waals surface area contributed by atoms with Crippen molar-refractivity contribution in [2.24, 2.45) is 22.1 Å². The average molecular weight is 397 g/mol. The van der Waals surface area contributed by atoms with Crippen molar-refractivity contribution in [3.63, 3.8) is 0 Å². The van der Waals surface area contributed by atoms with Gasteiger partial charge in [-0.15, -0.1) is 0 Å². The number of nitrogens with two attached hydrogens (primary N) is 1. The number of hydrogen-bond acceptors (Lipinski definition) is 6. The molecule has 0 saturated heterocycles. The zero-order valence-electron chi connectivity index (χ0n) is 20.7. The lowest BCUT2D eigenvalue weighted by molar-refractivity contribution is -0.0588. The van der Waals surface area contributed by atoms with Gasteiger partial charge in [-0.05, 0) is 61.3 Å². The second-order valence-corrected chi connectivity index (χ2v) is 8.40. The van der Waals surface area contributed by atoms with E-state index in [1.54, 1.807) is 12.4 Å². The Morgan fingerprint density at radius 1 is 1.34 bits per heavy atom. The van der Waals surface area contributed by atoms with Crippen LogP contribution in [0.1, 0.15) is 49.7 Å². The molecule has 0 amide bonds. The summed E-state index contributed by atoms with van der Waals surface area (Å²) in [6.07, 6.45) is 7.17. The first-order valence-corrected chi connectivity index (χ1v) is 10.1. The van der Waals surface area contributed by atoms with E-state index in [-0.39, 0.29) is 18.0 Å². The predicted octanol–water partition coefficient (Wildman–Crippen LogP) is 3.45. The molecule has 1 fully saturated rings. The highest BCUT2D eigenvalue weighted by atomic mass is 16.5. The largest absolute Gasteiger partial charge is 0.462 e. The van der Waals surface area contributed by atoms with Gasteiger partial charge in [0.05, 0.1) is 11.6 Å². The third-order valence-electron chi connectivity index (χ3n) is 6.80. The molecule has 2 spiro atoms. The molecule has 1 saturated carbocycles. The molecule has 6 nitrogen and oxygen atoms in total. The Morgan fingerprint density at radius 2 is 2.17 bits per heavy atom. The lowest BCUT2D eigenvalue weighted by Gasteiger charge is -2.48. The molecule has 0 unspecified atom stereocenters. The summed E-state index contributed by atoms with van der Waals surface area (Å²) >= 11 is 0. The van der Waals surface area contributed by atoms with E-state index in [9.17, 15) is 0 Å². The maximum Gasteiger partial charge on any atom is 0.283 e. The molecule has 6 heteroatoms. The molecule has 2 aliphatic carbocycles. The van der Waals surface area contributed by atoms with E-state index in [1.165, 1.54) is 13.3 Å². The number of nitrogens with zero attached hydrogens (tertiary/aromatic N) is 3. The highest BCUT2D eigenvalue weighted by Crippen LogP contribution is 2.62. The van der Waals surface area contributed by atoms with Gasteiger partial charge in [0.25, 0.3) is 6.02 Å². The second kappa shape index (κ2) is 6.80. The minimum Gasteiger partial charge on any atom is -0.462 e. The van der Waals surface area contributed by atoms with Gasteiger partial charge in [0.1, 0.15) is 18.4 Å². The van der Waals surface area contributed by atoms with Crippen LogP contribution in [-0.4, -0.2) is 35.2 Å². The summed E-state index contributed by atoms with van der Waals surface area (Å²) in [6, 6.07) is 5.87. The summed E-state index contributed by atoms with van der Waals surface area (Å²) in [5, 5.41) is 0. The van der Waals surface area contributed by atoms with Gasteiger partial charge >= 0.3 is 0 Å². The highest BCUT2D eigenvalue weighted by molar-refractivity contribution is 5.75. The number of fused-ring (bicyclic) bond motifs is 3. The summed E-state index contributed by atoms with van der Waals surface area (Å²) in [5.74, 6) is 0.00906. The SMILES string of the molecule is [2H]C([2H])(C)O[C@@H]1CC[C@]2(Cc3ccc(-c4cncnc4)cc3[C@]23N=C(N)OC3([2H])[2H])C[C@H]1C. The molecule has 3 aliphatic rings. The number of ether oxygens (including phenoxy) is 2. The van der Waals surface area contributed by atoms with Crippen LogP contribution in [0.5, 0.6) is 0 Å². The van der Waals surface area contributed by atoms with Crippen LogP contribution in [0.25, 0.3) is 11.1 Å². The van der Waals surface area contributed by atoms with Crippen molar-refractivity contribution in [2.45, 2.75) is 51.2 Å². The van der Waals surface area contributed by atoms with Crippen LogP contribution in [0.2, 0.25) is 0 Å². The van der Waals surface area contributed by atoms with Gasteiger partial charge in [0, 0.05) is 29.9 Å². The van der Waals surface area contributed by atoms with E-state index in [0.717, 1.165) is 22.3 Å². The monoisotopic (exact) mass is 396 g/mol. The second-order valence-electron chi connectivity index (χ2n) is 8.40. The van der Waals surface area contributed by atoms with E-state index in [0.29, 0.717) is 25.7 Å². The fraction of sp³-hybridized carbons (Fsp3) is 0.522. The van der Waals surface area contributed by atoms with Crippen LogP contribution in [0.4, 0.5) is 0 Å². The molecule has 0 radical (unpaired) electrons. The third-order valence-corrected chi connectivity index (χ3v) is 6.80. The van der Waals surface area contributed by atoms with E-state index in [2.05, 4.69) is 9.97 Å². The van der Waals surface area contributed by atoms with Gasteiger partial charge in [-0.2, -0.15) is 0 Å². The van der Waals surface area contributed by atoms with Crippen LogP contribution in [0.15, 0.2) is 41.9 Å².